The number of benzene rings is 3. The fourth-order valence-electron chi connectivity index (χ4n) is 4.38. The number of hydrogen-bond donors (Lipinski definition) is 1. The summed E-state index contributed by atoms with van der Waals surface area (Å²) >= 11 is 0.684. The highest BCUT2D eigenvalue weighted by molar-refractivity contribution is 7.90. The zero-order valence-electron chi connectivity index (χ0n) is 18.8. The minimum absolute atomic E-state index is 0.0662. The van der Waals surface area contributed by atoms with Crippen molar-refractivity contribution in [3.05, 3.63) is 88.1 Å². The molecule has 0 saturated heterocycles. The van der Waals surface area contributed by atoms with Crippen molar-refractivity contribution < 1.29 is 26.0 Å². The Labute approximate surface area is 209 Å². The molecule has 4 nitrogen and oxygen atoms in total. The average Bonchev–Trinajstić information content (AvgIpc) is 3.26. The Bertz CT molecular complexity index is 1590. The molecule has 0 bridgehead atoms. The quantitative estimate of drug-likeness (QED) is 0.299. The van der Waals surface area contributed by atoms with Gasteiger partial charge in [-0.25, -0.2) is 13.4 Å². The Morgan fingerprint density at radius 3 is 2.53 bits per heavy atom. The van der Waals surface area contributed by atoms with Gasteiger partial charge in [0.1, 0.15) is 10.8 Å². The highest BCUT2D eigenvalue weighted by atomic mass is 32.2. The highest BCUT2D eigenvalue weighted by Crippen LogP contribution is 2.40. The summed E-state index contributed by atoms with van der Waals surface area (Å²) in [6.45, 7) is 1.24. The Kier molecular flexibility index (Phi) is 6.44. The molecule has 3 aromatic carbocycles. The maximum atomic E-state index is 13.5. The smallest absolute Gasteiger partial charge is 0.313 e. The second-order valence-corrected chi connectivity index (χ2v) is 11.5. The number of sulfone groups is 1. The van der Waals surface area contributed by atoms with Crippen molar-refractivity contribution in [2.45, 2.75) is 23.2 Å². The number of halogens is 4. The molecule has 4 aromatic rings. The first kappa shape index (κ1) is 24.6. The molecule has 0 atom stereocenters. The molecule has 5 rings (SSSR count). The van der Waals surface area contributed by atoms with E-state index in [1.807, 2.05) is 12.1 Å². The van der Waals surface area contributed by atoms with Crippen LogP contribution in [0.2, 0.25) is 0 Å². The zero-order chi connectivity index (χ0) is 25.5. The van der Waals surface area contributed by atoms with Gasteiger partial charge in [0.15, 0.2) is 15.0 Å². The fraction of sp³-hybridized carbons (Fsp3) is 0.192. The van der Waals surface area contributed by atoms with E-state index in [0.29, 0.717) is 58.3 Å². The number of nitrogens with one attached hydrogen (secondary N) is 1. The summed E-state index contributed by atoms with van der Waals surface area (Å²) in [5.41, 5.74) is 1.99. The third-order valence-electron chi connectivity index (χ3n) is 6.10. The maximum Gasteiger partial charge on any atom is 0.416 e. The lowest BCUT2D eigenvalue weighted by Gasteiger charge is -2.20. The molecule has 1 aromatic heterocycles. The molecule has 0 unspecified atom stereocenters. The molecule has 0 aliphatic carbocycles. The summed E-state index contributed by atoms with van der Waals surface area (Å²) in [4.78, 5) is 3.86. The molecule has 0 fully saturated rings. The third kappa shape index (κ3) is 4.93. The van der Waals surface area contributed by atoms with E-state index in [9.17, 15) is 26.0 Å². The van der Waals surface area contributed by atoms with E-state index >= 15 is 0 Å². The number of aromatic nitrogens is 1. The lowest BCUT2D eigenvalue weighted by molar-refractivity contribution is -0.137. The number of nitrogens with zero attached hydrogens (tertiary/aromatic N) is 1. The molecule has 10 heteroatoms. The molecule has 0 radical (unpaired) electrons. The van der Waals surface area contributed by atoms with Crippen molar-refractivity contribution in [2.24, 2.45) is 0 Å². The Morgan fingerprint density at radius 1 is 1.00 bits per heavy atom. The fourth-order valence-corrected chi connectivity index (χ4v) is 6.66. The lowest BCUT2D eigenvalue weighted by Crippen LogP contribution is -2.20. The van der Waals surface area contributed by atoms with Crippen LogP contribution >= 0.6 is 11.3 Å². The second kappa shape index (κ2) is 9.42. The molecular weight excluding hydrogens is 512 g/mol. The maximum absolute atomic E-state index is 13.5. The minimum Gasteiger partial charge on any atom is -0.313 e. The van der Waals surface area contributed by atoms with Crippen LogP contribution in [0, 0.1) is 5.13 Å². The molecule has 1 aliphatic heterocycles. The van der Waals surface area contributed by atoms with Crippen LogP contribution in [-0.2, 0) is 21.8 Å². The molecule has 36 heavy (non-hydrogen) atoms. The van der Waals surface area contributed by atoms with Crippen LogP contribution in [-0.4, -0.2) is 26.5 Å². The lowest BCUT2D eigenvalue weighted by atomic mass is 9.88. The van der Waals surface area contributed by atoms with Crippen molar-refractivity contribution in [3.8, 4) is 11.1 Å². The molecule has 0 amide bonds. The van der Waals surface area contributed by atoms with Crippen LogP contribution < -0.4 is 5.32 Å². The van der Waals surface area contributed by atoms with Gasteiger partial charge in [0.25, 0.3) is 0 Å². The van der Waals surface area contributed by atoms with Gasteiger partial charge in [0.05, 0.1) is 16.7 Å². The molecule has 186 valence electrons. The molecule has 2 heterocycles. The Balaban J connectivity index is 1.61. The summed E-state index contributed by atoms with van der Waals surface area (Å²) in [7, 11) is -3.78. The third-order valence-corrected chi connectivity index (χ3v) is 8.69. The summed E-state index contributed by atoms with van der Waals surface area (Å²) in [6, 6.07) is 13.8. The highest BCUT2D eigenvalue weighted by Gasteiger charge is 2.31. The van der Waals surface area contributed by atoms with E-state index in [1.54, 1.807) is 18.2 Å². The van der Waals surface area contributed by atoms with Crippen molar-refractivity contribution in [1.82, 2.24) is 10.3 Å². The SMILES string of the molecule is O=S(=O)(Cc1ncc(F)s1)c1ccc2c(-c3ccc(C(F)(F)F)cc3C3=CCNCC3)cccc2c1. The van der Waals surface area contributed by atoms with Crippen LogP contribution in [0.3, 0.4) is 0 Å². The van der Waals surface area contributed by atoms with Gasteiger partial charge >= 0.3 is 6.18 Å². The van der Waals surface area contributed by atoms with E-state index in [-0.39, 0.29) is 9.90 Å². The van der Waals surface area contributed by atoms with E-state index < -0.39 is 32.5 Å². The first-order valence-corrected chi connectivity index (χ1v) is 13.6. The van der Waals surface area contributed by atoms with Crippen LogP contribution in [0.4, 0.5) is 17.6 Å². The van der Waals surface area contributed by atoms with Gasteiger partial charge in [-0.05, 0) is 70.3 Å². The topological polar surface area (TPSA) is 59.1 Å². The molecule has 1 aliphatic rings. The van der Waals surface area contributed by atoms with Crippen LogP contribution in [0.15, 0.2) is 71.8 Å². The molecule has 0 saturated carbocycles. The second-order valence-electron chi connectivity index (χ2n) is 8.45. The summed E-state index contributed by atoms with van der Waals surface area (Å²) in [5, 5.41) is 4.12. The molecule has 1 N–H and O–H groups in total. The summed E-state index contributed by atoms with van der Waals surface area (Å²) in [5.74, 6) is -0.419. The monoisotopic (exact) mass is 532 g/mol. The van der Waals surface area contributed by atoms with Gasteiger partial charge in [-0.3, -0.25) is 0 Å². The van der Waals surface area contributed by atoms with Gasteiger partial charge < -0.3 is 5.32 Å². The van der Waals surface area contributed by atoms with Crippen molar-refractivity contribution in [1.29, 1.82) is 0 Å². The summed E-state index contributed by atoms with van der Waals surface area (Å²) < 4.78 is 79.7. The number of fused-ring (bicyclic) bond motifs is 1. The first-order valence-electron chi connectivity index (χ1n) is 11.1. The van der Waals surface area contributed by atoms with Crippen LogP contribution in [0.25, 0.3) is 27.5 Å². The zero-order valence-corrected chi connectivity index (χ0v) is 20.4. The standard InChI is InChI=1S/C26H20F4N2O2S2/c27-24-14-32-25(35-24)15-36(33,34)19-5-7-20-17(12-19)2-1-3-21(20)22-6-4-18(26(28,29)30)13-23(22)16-8-10-31-11-9-16/h1-8,12-14,31H,9-11,15H2. The normalized spacial score (nSPS) is 14.7. The molecular formula is C26H20F4N2O2S2. The van der Waals surface area contributed by atoms with Gasteiger partial charge in [-0.2, -0.15) is 17.6 Å². The van der Waals surface area contributed by atoms with Crippen molar-refractivity contribution in [2.75, 3.05) is 13.1 Å². The summed E-state index contributed by atoms with van der Waals surface area (Å²) in [6.07, 6.45) is -0.983. The van der Waals surface area contributed by atoms with Crippen LogP contribution in [0.1, 0.15) is 22.6 Å². The van der Waals surface area contributed by atoms with E-state index in [4.69, 9.17) is 0 Å². The first-order chi connectivity index (χ1) is 17.1. The van der Waals surface area contributed by atoms with E-state index in [2.05, 4.69) is 10.3 Å². The van der Waals surface area contributed by atoms with Gasteiger partial charge in [-0.15, -0.1) is 0 Å². The number of hydrogen-bond acceptors (Lipinski definition) is 5. The largest absolute Gasteiger partial charge is 0.416 e. The van der Waals surface area contributed by atoms with Gasteiger partial charge in [-0.1, -0.05) is 47.7 Å². The van der Waals surface area contributed by atoms with Gasteiger partial charge in [0, 0.05) is 6.54 Å². The van der Waals surface area contributed by atoms with Gasteiger partial charge in [0.2, 0.25) is 0 Å². The van der Waals surface area contributed by atoms with E-state index in [1.165, 1.54) is 24.3 Å². The number of alkyl halides is 3. The van der Waals surface area contributed by atoms with Crippen molar-refractivity contribution >= 4 is 37.5 Å². The van der Waals surface area contributed by atoms with Crippen molar-refractivity contribution in [3.63, 3.8) is 0 Å². The number of thiazole rings is 1. The predicted octanol–water partition coefficient (Wildman–Crippen LogP) is 6.47. The Morgan fingerprint density at radius 2 is 1.83 bits per heavy atom. The predicted molar refractivity (Wildman–Crippen MR) is 133 cm³/mol. The Hall–Kier alpha value is -3.08. The minimum atomic E-state index is -4.47. The molecule has 0 spiro atoms. The van der Waals surface area contributed by atoms with Crippen LogP contribution in [0.5, 0.6) is 0 Å². The number of rotatable bonds is 5. The van der Waals surface area contributed by atoms with E-state index in [0.717, 1.165) is 17.8 Å². The average molecular weight is 533 g/mol.